The van der Waals surface area contributed by atoms with Crippen LogP contribution in [0.2, 0.25) is 0 Å². The molecule has 1 fully saturated rings. The molecular formula is C26H29N5O2S. The van der Waals surface area contributed by atoms with Crippen molar-refractivity contribution in [3.8, 4) is 0 Å². The molecule has 0 unspecified atom stereocenters. The topological polar surface area (TPSA) is 79.6 Å². The molecule has 0 radical (unpaired) electrons. The zero-order valence-corrected chi connectivity index (χ0v) is 20.6. The Morgan fingerprint density at radius 2 is 1.85 bits per heavy atom. The van der Waals surface area contributed by atoms with E-state index in [-0.39, 0.29) is 17.9 Å². The molecule has 1 aromatic carbocycles. The highest BCUT2D eigenvalue weighted by molar-refractivity contribution is 7.13. The fraction of sp³-hybridized carbons (Fsp3) is 0.385. The summed E-state index contributed by atoms with van der Waals surface area (Å²) in [5, 5.41) is 8.88. The largest absolute Gasteiger partial charge is 0.348 e. The minimum absolute atomic E-state index is 0.0111. The first-order valence-electron chi connectivity index (χ1n) is 11.8. The lowest BCUT2D eigenvalue weighted by molar-refractivity contribution is -0.132. The zero-order valence-electron chi connectivity index (χ0n) is 19.8. The second-order valence-corrected chi connectivity index (χ2v) is 10.3. The van der Waals surface area contributed by atoms with Crippen molar-refractivity contribution in [3.05, 3.63) is 63.1 Å². The molecule has 1 aliphatic rings. The standard InChI is InChI=1S/C26H29N5O2S/c1-16-8-10-23(34-16)26(33)28-19-12-14-30(15-13-19)24(32)11-9-20-17(2)27-25-21-6-4-5-7-22(21)29-31(25)18(20)3/h4-8,10,19H,9,11-15H2,1-3H3,(H,28,33). The van der Waals surface area contributed by atoms with Gasteiger partial charge in [0.05, 0.1) is 10.4 Å². The van der Waals surface area contributed by atoms with Gasteiger partial charge in [-0.05, 0) is 69.9 Å². The van der Waals surface area contributed by atoms with E-state index in [2.05, 4.69) is 12.2 Å². The van der Waals surface area contributed by atoms with Crippen molar-refractivity contribution < 1.29 is 9.59 Å². The van der Waals surface area contributed by atoms with Crippen molar-refractivity contribution in [2.24, 2.45) is 0 Å². The average Bonchev–Trinajstić information content (AvgIpc) is 3.43. The molecule has 5 rings (SSSR count). The molecule has 176 valence electrons. The molecule has 0 saturated carbocycles. The fourth-order valence-corrected chi connectivity index (χ4v) is 5.59. The molecule has 0 bridgehead atoms. The molecule has 4 aromatic rings. The maximum Gasteiger partial charge on any atom is 0.261 e. The van der Waals surface area contributed by atoms with Crippen molar-refractivity contribution in [1.29, 1.82) is 0 Å². The van der Waals surface area contributed by atoms with E-state index in [1.807, 2.05) is 59.7 Å². The Labute approximate surface area is 202 Å². The summed E-state index contributed by atoms with van der Waals surface area (Å²) in [5.74, 6) is 0.145. The summed E-state index contributed by atoms with van der Waals surface area (Å²) in [6.07, 6.45) is 2.66. The zero-order chi connectivity index (χ0) is 23.8. The molecule has 1 saturated heterocycles. The van der Waals surface area contributed by atoms with Crippen molar-refractivity contribution >= 4 is 39.7 Å². The van der Waals surface area contributed by atoms with E-state index in [9.17, 15) is 9.59 Å². The van der Waals surface area contributed by atoms with Gasteiger partial charge in [-0.3, -0.25) is 9.59 Å². The lowest BCUT2D eigenvalue weighted by Crippen LogP contribution is -2.46. The van der Waals surface area contributed by atoms with Crippen LogP contribution in [0.4, 0.5) is 0 Å². The summed E-state index contributed by atoms with van der Waals surface area (Å²) in [4.78, 5) is 34.0. The van der Waals surface area contributed by atoms with Gasteiger partial charge in [-0.1, -0.05) is 12.1 Å². The number of amides is 2. The third kappa shape index (κ3) is 4.30. The Morgan fingerprint density at radius 3 is 2.59 bits per heavy atom. The van der Waals surface area contributed by atoms with Crippen molar-refractivity contribution in [2.45, 2.75) is 52.5 Å². The van der Waals surface area contributed by atoms with Gasteiger partial charge in [0, 0.05) is 47.2 Å². The van der Waals surface area contributed by atoms with Crippen LogP contribution in [0.15, 0.2) is 36.4 Å². The quantitative estimate of drug-likeness (QED) is 0.469. The van der Waals surface area contributed by atoms with Gasteiger partial charge in [0.15, 0.2) is 5.65 Å². The van der Waals surface area contributed by atoms with Gasteiger partial charge in [-0.25, -0.2) is 9.50 Å². The maximum atomic E-state index is 12.9. The number of hydrogen-bond acceptors (Lipinski definition) is 5. The molecule has 1 N–H and O–H groups in total. The molecule has 2 amide bonds. The Morgan fingerprint density at radius 1 is 1.09 bits per heavy atom. The summed E-state index contributed by atoms with van der Waals surface area (Å²) in [7, 11) is 0. The van der Waals surface area contributed by atoms with E-state index in [4.69, 9.17) is 10.1 Å². The van der Waals surface area contributed by atoms with Crippen LogP contribution >= 0.6 is 11.3 Å². The van der Waals surface area contributed by atoms with E-state index < -0.39 is 0 Å². The van der Waals surface area contributed by atoms with Crippen LogP contribution in [0.25, 0.3) is 16.6 Å². The van der Waals surface area contributed by atoms with Gasteiger partial charge in [-0.15, -0.1) is 11.3 Å². The minimum atomic E-state index is -0.0111. The predicted octanol–water partition coefficient (Wildman–Crippen LogP) is 4.22. The normalized spacial score (nSPS) is 14.7. The fourth-order valence-electron chi connectivity index (χ4n) is 4.81. The summed E-state index contributed by atoms with van der Waals surface area (Å²) < 4.78 is 1.90. The molecule has 0 atom stereocenters. The highest BCUT2D eigenvalue weighted by Gasteiger charge is 2.25. The van der Waals surface area contributed by atoms with Crippen LogP contribution in [0.5, 0.6) is 0 Å². The number of carbonyl (C=O) groups excluding carboxylic acids is 2. The second-order valence-electron chi connectivity index (χ2n) is 9.05. The number of thiophene rings is 1. The predicted molar refractivity (Wildman–Crippen MR) is 134 cm³/mol. The van der Waals surface area contributed by atoms with E-state index in [1.165, 1.54) is 11.3 Å². The number of nitrogens with one attached hydrogen (secondary N) is 1. The van der Waals surface area contributed by atoms with E-state index >= 15 is 0 Å². The number of aryl methyl sites for hydroxylation is 3. The summed E-state index contributed by atoms with van der Waals surface area (Å²) in [5.41, 5.74) is 4.87. The lowest BCUT2D eigenvalue weighted by Gasteiger charge is -2.32. The van der Waals surface area contributed by atoms with Gasteiger partial charge in [-0.2, -0.15) is 5.10 Å². The third-order valence-corrected chi connectivity index (χ3v) is 7.75. The SMILES string of the molecule is Cc1ccc(C(=O)NC2CCN(C(=O)CCc3c(C)nc4c5ccccc5nn4c3C)CC2)s1. The third-order valence-electron chi connectivity index (χ3n) is 6.75. The van der Waals surface area contributed by atoms with Crippen LogP contribution < -0.4 is 5.32 Å². The van der Waals surface area contributed by atoms with Gasteiger partial charge in [0.25, 0.3) is 5.91 Å². The van der Waals surface area contributed by atoms with Crippen molar-refractivity contribution in [2.75, 3.05) is 13.1 Å². The summed E-state index contributed by atoms with van der Waals surface area (Å²) in [6.45, 7) is 7.41. The molecule has 0 aliphatic carbocycles. The molecular weight excluding hydrogens is 446 g/mol. The number of rotatable bonds is 5. The Hall–Kier alpha value is -3.26. The van der Waals surface area contributed by atoms with E-state index in [1.54, 1.807) is 0 Å². The number of hydrogen-bond donors (Lipinski definition) is 1. The number of benzene rings is 1. The number of nitrogens with zero attached hydrogens (tertiary/aromatic N) is 4. The van der Waals surface area contributed by atoms with Crippen LogP contribution in [-0.2, 0) is 11.2 Å². The highest BCUT2D eigenvalue weighted by atomic mass is 32.1. The molecule has 0 spiro atoms. The van der Waals surface area contributed by atoms with Gasteiger partial charge in [0.2, 0.25) is 5.91 Å². The van der Waals surface area contributed by atoms with Crippen molar-refractivity contribution in [3.63, 3.8) is 0 Å². The van der Waals surface area contributed by atoms with Crippen molar-refractivity contribution in [1.82, 2.24) is 24.8 Å². The molecule has 4 heterocycles. The number of fused-ring (bicyclic) bond motifs is 3. The van der Waals surface area contributed by atoms with Crippen LogP contribution in [-0.4, -0.2) is 50.4 Å². The van der Waals surface area contributed by atoms with Crippen LogP contribution in [0, 0.1) is 20.8 Å². The van der Waals surface area contributed by atoms with Crippen LogP contribution in [0.3, 0.4) is 0 Å². The van der Waals surface area contributed by atoms with E-state index in [0.717, 1.165) is 56.1 Å². The minimum Gasteiger partial charge on any atom is -0.348 e. The monoisotopic (exact) mass is 475 g/mol. The van der Waals surface area contributed by atoms with Gasteiger partial charge in [0.1, 0.15) is 0 Å². The van der Waals surface area contributed by atoms with E-state index in [0.29, 0.717) is 25.9 Å². The lowest BCUT2D eigenvalue weighted by atomic mass is 10.0. The van der Waals surface area contributed by atoms with Gasteiger partial charge >= 0.3 is 0 Å². The maximum absolute atomic E-state index is 12.9. The Balaban J connectivity index is 1.19. The first-order valence-corrected chi connectivity index (χ1v) is 12.6. The molecule has 1 aliphatic heterocycles. The Kier molecular flexibility index (Phi) is 6.08. The molecule has 34 heavy (non-hydrogen) atoms. The second kappa shape index (κ2) is 9.18. The smallest absolute Gasteiger partial charge is 0.261 e. The number of likely N-dealkylation sites (tertiary alicyclic amines) is 1. The molecule has 7 nitrogen and oxygen atoms in total. The number of carbonyl (C=O) groups is 2. The first-order chi connectivity index (χ1) is 16.4. The van der Waals surface area contributed by atoms with Gasteiger partial charge < -0.3 is 10.2 Å². The molecule has 8 heteroatoms. The molecule has 3 aromatic heterocycles. The first kappa shape index (κ1) is 22.5. The highest BCUT2D eigenvalue weighted by Crippen LogP contribution is 2.23. The average molecular weight is 476 g/mol. The summed E-state index contributed by atoms with van der Waals surface area (Å²) >= 11 is 1.51. The van der Waals surface area contributed by atoms with Crippen LogP contribution in [0.1, 0.15) is 50.8 Å². The summed E-state index contributed by atoms with van der Waals surface area (Å²) in [6, 6.07) is 12.0. The number of aromatic nitrogens is 3. The Bertz CT molecular complexity index is 1380. The number of piperidine rings is 1.